The Labute approximate surface area is 140 Å². The molecule has 2 N–H and O–H groups in total. The van der Waals surface area contributed by atoms with Gasteiger partial charge in [0.05, 0.1) is 19.8 Å². The molecule has 1 aromatic rings. The van der Waals surface area contributed by atoms with Crippen molar-refractivity contribution in [1.29, 1.82) is 0 Å². The van der Waals surface area contributed by atoms with Crippen LogP contribution in [-0.2, 0) is 22.6 Å². The van der Waals surface area contributed by atoms with Gasteiger partial charge in [-0.3, -0.25) is 0 Å². The van der Waals surface area contributed by atoms with Gasteiger partial charge in [-0.1, -0.05) is 31.2 Å². The maximum absolute atomic E-state index is 5.66. The van der Waals surface area contributed by atoms with Crippen molar-refractivity contribution in [3.05, 3.63) is 35.4 Å². The van der Waals surface area contributed by atoms with Crippen molar-refractivity contribution in [3.8, 4) is 0 Å². The van der Waals surface area contributed by atoms with Gasteiger partial charge in [0, 0.05) is 26.3 Å². The Hall–Kier alpha value is -1.59. The summed E-state index contributed by atoms with van der Waals surface area (Å²) in [6.45, 7) is 9.78. The first-order valence-corrected chi connectivity index (χ1v) is 8.39. The number of benzene rings is 1. The van der Waals surface area contributed by atoms with Gasteiger partial charge in [-0.15, -0.1) is 0 Å². The molecule has 130 valence electrons. The predicted octanol–water partition coefficient (Wildman–Crippen LogP) is 2.70. The summed E-state index contributed by atoms with van der Waals surface area (Å²) in [5.41, 5.74) is 2.39. The van der Waals surface area contributed by atoms with E-state index in [1.165, 1.54) is 11.1 Å². The number of hydrogen-bond donors (Lipinski definition) is 2. The van der Waals surface area contributed by atoms with E-state index in [-0.39, 0.29) is 6.04 Å². The number of guanidine groups is 1. The van der Waals surface area contributed by atoms with E-state index >= 15 is 0 Å². The molecule has 0 amide bonds. The SMILES string of the molecule is CCCOCc1ccccc1CN=C(NCC)NC(C)COC. The third-order valence-corrected chi connectivity index (χ3v) is 3.28. The second-order valence-corrected chi connectivity index (χ2v) is 5.52. The van der Waals surface area contributed by atoms with Gasteiger partial charge in [0.25, 0.3) is 0 Å². The lowest BCUT2D eigenvalue weighted by Crippen LogP contribution is -2.43. The first-order chi connectivity index (χ1) is 11.2. The van der Waals surface area contributed by atoms with Crippen molar-refractivity contribution in [2.75, 3.05) is 26.9 Å². The fourth-order valence-electron chi connectivity index (χ4n) is 2.19. The van der Waals surface area contributed by atoms with Crippen molar-refractivity contribution in [2.24, 2.45) is 4.99 Å². The Bertz CT molecular complexity index is 463. The van der Waals surface area contributed by atoms with E-state index in [0.29, 0.717) is 19.8 Å². The average Bonchev–Trinajstić information content (AvgIpc) is 2.54. The maximum atomic E-state index is 5.66. The van der Waals surface area contributed by atoms with E-state index in [1.54, 1.807) is 7.11 Å². The Morgan fingerprint density at radius 1 is 1.22 bits per heavy atom. The van der Waals surface area contributed by atoms with E-state index in [0.717, 1.165) is 25.5 Å². The molecule has 0 radical (unpaired) electrons. The van der Waals surface area contributed by atoms with Crippen molar-refractivity contribution in [3.63, 3.8) is 0 Å². The predicted molar refractivity (Wildman–Crippen MR) is 95.7 cm³/mol. The van der Waals surface area contributed by atoms with Gasteiger partial charge < -0.3 is 20.1 Å². The Morgan fingerprint density at radius 3 is 2.61 bits per heavy atom. The Kier molecular flexibility index (Phi) is 10.1. The fraction of sp³-hybridized carbons (Fsp3) is 0.611. The molecule has 0 saturated carbocycles. The zero-order valence-electron chi connectivity index (χ0n) is 14.9. The lowest BCUT2D eigenvalue weighted by molar-refractivity contribution is 0.121. The topological polar surface area (TPSA) is 54.9 Å². The second kappa shape index (κ2) is 11.9. The molecule has 0 spiro atoms. The fourth-order valence-corrected chi connectivity index (χ4v) is 2.19. The molecular weight excluding hydrogens is 290 g/mol. The molecule has 0 saturated heterocycles. The van der Waals surface area contributed by atoms with Crippen LogP contribution in [0.3, 0.4) is 0 Å². The molecule has 23 heavy (non-hydrogen) atoms. The van der Waals surface area contributed by atoms with Crippen LogP contribution in [0, 0.1) is 0 Å². The summed E-state index contributed by atoms with van der Waals surface area (Å²) in [4.78, 5) is 4.68. The summed E-state index contributed by atoms with van der Waals surface area (Å²) in [5.74, 6) is 0.807. The van der Waals surface area contributed by atoms with Crippen LogP contribution < -0.4 is 10.6 Å². The molecule has 0 bridgehead atoms. The van der Waals surface area contributed by atoms with Crippen LogP contribution in [0.5, 0.6) is 0 Å². The minimum Gasteiger partial charge on any atom is -0.383 e. The van der Waals surface area contributed by atoms with Crippen LogP contribution >= 0.6 is 0 Å². The molecule has 5 nitrogen and oxygen atoms in total. The average molecular weight is 321 g/mol. The smallest absolute Gasteiger partial charge is 0.191 e. The molecule has 0 aliphatic heterocycles. The van der Waals surface area contributed by atoms with E-state index in [9.17, 15) is 0 Å². The van der Waals surface area contributed by atoms with Crippen molar-refractivity contribution < 1.29 is 9.47 Å². The standard InChI is InChI=1S/C18H31N3O2/c1-5-11-23-14-17-10-8-7-9-16(17)12-20-18(19-6-2)21-15(3)13-22-4/h7-10,15H,5-6,11-14H2,1-4H3,(H2,19,20,21). The maximum Gasteiger partial charge on any atom is 0.191 e. The number of nitrogens with zero attached hydrogens (tertiary/aromatic N) is 1. The number of rotatable bonds is 10. The minimum atomic E-state index is 0.209. The number of hydrogen-bond acceptors (Lipinski definition) is 3. The van der Waals surface area contributed by atoms with Crippen LogP contribution in [0.15, 0.2) is 29.3 Å². The Balaban J connectivity index is 2.70. The molecule has 0 aliphatic carbocycles. The van der Waals surface area contributed by atoms with Gasteiger partial charge in [-0.2, -0.15) is 0 Å². The van der Waals surface area contributed by atoms with E-state index in [1.807, 2.05) is 12.1 Å². The molecule has 1 rings (SSSR count). The molecule has 0 heterocycles. The Morgan fingerprint density at radius 2 is 1.96 bits per heavy atom. The monoisotopic (exact) mass is 321 g/mol. The number of aliphatic imine (C=N–C) groups is 1. The van der Waals surface area contributed by atoms with Gasteiger partial charge >= 0.3 is 0 Å². The minimum absolute atomic E-state index is 0.209. The van der Waals surface area contributed by atoms with Crippen LogP contribution in [-0.4, -0.2) is 38.9 Å². The normalized spacial score (nSPS) is 13.0. The third-order valence-electron chi connectivity index (χ3n) is 3.28. The van der Waals surface area contributed by atoms with Crippen LogP contribution in [0.2, 0.25) is 0 Å². The van der Waals surface area contributed by atoms with Crippen molar-refractivity contribution >= 4 is 5.96 Å². The highest BCUT2D eigenvalue weighted by Gasteiger charge is 2.06. The molecule has 1 aromatic carbocycles. The van der Waals surface area contributed by atoms with Crippen LogP contribution in [0.1, 0.15) is 38.3 Å². The highest BCUT2D eigenvalue weighted by Crippen LogP contribution is 2.11. The van der Waals surface area contributed by atoms with Gasteiger partial charge in [0.15, 0.2) is 5.96 Å². The summed E-state index contributed by atoms with van der Waals surface area (Å²) in [5, 5.41) is 6.61. The number of ether oxygens (including phenoxy) is 2. The largest absolute Gasteiger partial charge is 0.383 e. The third kappa shape index (κ3) is 8.00. The second-order valence-electron chi connectivity index (χ2n) is 5.52. The van der Waals surface area contributed by atoms with Crippen molar-refractivity contribution in [2.45, 2.75) is 46.4 Å². The molecule has 1 atom stereocenters. The quantitative estimate of drug-likeness (QED) is 0.395. The summed E-state index contributed by atoms with van der Waals surface area (Å²) in [6, 6.07) is 8.51. The lowest BCUT2D eigenvalue weighted by Gasteiger charge is -2.17. The number of nitrogens with one attached hydrogen (secondary N) is 2. The zero-order valence-corrected chi connectivity index (χ0v) is 14.9. The highest BCUT2D eigenvalue weighted by atomic mass is 16.5. The van der Waals surface area contributed by atoms with E-state index in [2.05, 4.69) is 48.5 Å². The molecular formula is C18H31N3O2. The van der Waals surface area contributed by atoms with Gasteiger partial charge in [0.1, 0.15) is 0 Å². The molecule has 1 unspecified atom stereocenters. The van der Waals surface area contributed by atoms with Gasteiger partial charge in [-0.25, -0.2) is 4.99 Å². The summed E-state index contributed by atoms with van der Waals surface area (Å²) in [7, 11) is 1.70. The van der Waals surface area contributed by atoms with Crippen LogP contribution in [0.4, 0.5) is 0 Å². The lowest BCUT2D eigenvalue weighted by atomic mass is 10.1. The van der Waals surface area contributed by atoms with Crippen molar-refractivity contribution in [1.82, 2.24) is 10.6 Å². The zero-order chi connectivity index (χ0) is 16.9. The van der Waals surface area contributed by atoms with Crippen LogP contribution in [0.25, 0.3) is 0 Å². The van der Waals surface area contributed by atoms with E-state index < -0.39 is 0 Å². The summed E-state index contributed by atoms with van der Waals surface area (Å²) in [6.07, 6.45) is 1.03. The molecule has 0 aliphatic rings. The molecule has 5 heteroatoms. The highest BCUT2D eigenvalue weighted by molar-refractivity contribution is 5.80. The van der Waals surface area contributed by atoms with Gasteiger partial charge in [-0.05, 0) is 31.4 Å². The first-order valence-electron chi connectivity index (χ1n) is 8.39. The van der Waals surface area contributed by atoms with E-state index in [4.69, 9.17) is 9.47 Å². The molecule has 0 fully saturated rings. The summed E-state index contributed by atoms with van der Waals surface area (Å²) < 4.78 is 10.8. The van der Waals surface area contributed by atoms with Gasteiger partial charge in [0.2, 0.25) is 0 Å². The molecule has 0 aromatic heterocycles. The number of methoxy groups -OCH3 is 1. The summed E-state index contributed by atoms with van der Waals surface area (Å²) >= 11 is 0. The first kappa shape index (κ1) is 19.5.